The van der Waals surface area contributed by atoms with E-state index in [4.69, 9.17) is 27.9 Å². The van der Waals surface area contributed by atoms with E-state index >= 15 is 0 Å². The van der Waals surface area contributed by atoms with Crippen molar-refractivity contribution in [3.63, 3.8) is 0 Å². The molecule has 1 aliphatic heterocycles. The molecule has 4 amide bonds. The van der Waals surface area contributed by atoms with Gasteiger partial charge >= 0.3 is 6.03 Å². The maximum atomic E-state index is 13.0. The van der Waals surface area contributed by atoms with Crippen LogP contribution in [-0.2, 0) is 16.0 Å². The Morgan fingerprint density at radius 1 is 1.16 bits per heavy atom. The van der Waals surface area contributed by atoms with Crippen LogP contribution < -0.4 is 15.0 Å². The molecule has 0 unspecified atom stereocenters. The number of allylic oxidation sites excluding steroid dienone is 1. The highest BCUT2D eigenvalue weighted by Crippen LogP contribution is 2.34. The van der Waals surface area contributed by atoms with E-state index in [1.165, 1.54) is 30.3 Å². The van der Waals surface area contributed by atoms with Crippen LogP contribution in [-0.4, -0.2) is 29.6 Å². The fraction of sp³-hybridized carbons (Fsp3) is 0.136. The van der Waals surface area contributed by atoms with Crippen LogP contribution >= 0.6 is 23.2 Å². The summed E-state index contributed by atoms with van der Waals surface area (Å²) in [4.78, 5) is 38.6. The Morgan fingerprint density at radius 3 is 2.55 bits per heavy atom. The number of hydrogen-bond donors (Lipinski definition) is 2. The van der Waals surface area contributed by atoms with E-state index in [9.17, 15) is 19.5 Å². The molecule has 2 N–H and O–H groups in total. The molecule has 1 fully saturated rings. The molecule has 0 atom stereocenters. The summed E-state index contributed by atoms with van der Waals surface area (Å²) < 4.78 is 5.45. The third kappa shape index (κ3) is 4.57. The van der Waals surface area contributed by atoms with Gasteiger partial charge < -0.3 is 9.84 Å². The summed E-state index contributed by atoms with van der Waals surface area (Å²) in [5, 5.41) is 12.9. The first-order valence-corrected chi connectivity index (χ1v) is 9.98. The smallest absolute Gasteiger partial charge is 0.335 e. The molecule has 31 heavy (non-hydrogen) atoms. The number of carbonyl (C=O) groups is 3. The highest BCUT2D eigenvalue weighted by atomic mass is 35.5. The highest BCUT2D eigenvalue weighted by Gasteiger charge is 2.37. The molecule has 0 radical (unpaired) electrons. The van der Waals surface area contributed by atoms with E-state index in [0.717, 1.165) is 4.90 Å². The van der Waals surface area contributed by atoms with E-state index in [-0.39, 0.29) is 32.8 Å². The molecule has 3 rings (SSSR count). The lowest BCUT2D eigenvalue weighted by atomic mass is 10.0. The van der Waals surface area contributed by atoms with Crippen LogP contribution in [0.2, 0.25) is 10.0 Å². The largest absolute Gasteiger partial charge is 0.504 e. The molecule has 2 aromatic carbocycles. The van der Waals surface area contributed by atoms with Crippen molar-refractivity contribution in [1.29, 1.82) is 0 Å². The van der Waals surface area contributed by atoms with Crippen LogP contribution in [0.3, 0.4) is 0 Å². The van der Waals surface area contributed by atoms with Crippen molar-refractivity contribution in [3.05, 3.63) is 69.7 Å². The van der Waals surface area contributed by atoms with E-state index in [2.05, 4.69) is 11.9 Å². The maximum absolute atomic E-state index is 13.0. The Balaban J connectivity index is 2.07. The summed E-state index contributed by atoms with van der Waals surface area (Å²) in [7, 11) is 0. The summed E-state index contributed by atoms with van der Waals surface area (Å²) in [6.07, 6.45) is 3.27. The summed E-state index contributed by atoms with van der Waals surface area (Å²) in [5.41, 5.74) is 0.820. The molecule has 7 nitrogen and oxygen atoms in total. The van der Waals surface area contributed by atoms with Crippen LogP contribution in [0.4, 0.5) is 10.5 Å². The number of imide groups is 2. The van der Waals surface area contributed by atoms with Crippen molar-refractivity contribution in [2.45, 2.75) is 13.3 Å². The molecule has 1 saturated heterocycles. The lowest BCUT2D eigenvalue weighted by molar-refractivity contribution is -0.122. The number of urea groups is 1. The van der Waals surface area contributed by atoms with Crippen molar-refractivity contribution in [2.24, 2.45) is 0 Å². The molecule has 2 aromatic rings. The third-order valence-corrected chi connectivity index (χ3v) is 5.15. The minimum Gasteiger partial charge on any atom is -0.504 e. The summed E-state index contributed by atoms with van der Waals surface area (Å²) >= 11 is 11.9. The summed E-state index contributed by atoms with van der Waals surface area (Å²) in [6.45, 7) is 5.72. The minimum absolute atomic E-state index is 0.0454. The van der Waals surface area contributed by atoms with Gasteiger partial charge in [0.2, 0.25) is 0 Å². The third-order valence-electron chi connectivity index (χ3n) is 4.41. The summed E-state index contributed by atoms with van der Waals surface area (Å²) in [6, 6.07) is 6.43. The van der Waals surface area contributed by atoms with Gasteiger partial charge in [-0.2, -0.15) is 0 Å². The predicted octanol–water partition coefficient (Wildman–Crippen LogP) is 4.49. The van der Waals surface area contributed by atoms with Gasteiger partial charge in [-0.05, 0) is 55.3 Å². The summed E-state index contributed by atoms with van der Waals surface area (Å²) in [5.74, 6) is -1.52. The van der Waals surface area contributed by atoms with Crippen molar-refractivity contribution >= 4 is 52.8 Å². The number of anilines is 1. The monoisotopic (exact) mass is 460 g/mol. The van der Waals surface area contributed by atoms with Gasteiger partial charge in [0.05, 0.1) is 22.3 Å². The molecule has 0 saturated carbocycles. The van der Waals surface area contributed by atoms with Gasteiger partial charge in [-0.15, -0.1) is 6.58 Å². The first-order chi connectivity index (χ1) is 14.8. The Hall–Kier alpha value is -3.29. The van der Waals surface area contributed by atoms with E-state index in [1.54, 1.807) is 19.1 Å². The van der Waals surface area contributed by atoms with Crippen molar-refractivity contribution in [1.82, 2.24) is 5.32 Å². The topological polar surface area (TPSA) is 95.9 Å². The van der Waals surface area contributed by atoms with E-state index in [0.29, 0.717) is 24.2 Å². The second-order valence-electron chi connectivity index (χ2n) is 6.51. The highest BCUT2D eigenvalue weighted by molar-refractivity contribution is 6.43. The Kier molecular flexibility index (Phi) is 6.68. The minimum atomic E-state index is -0.904. The van der Waals surface area contributed by atoms with Gasteiger partial charge in [-0.3, -0.25) is 14.9 Å². The van der Waals surface area contributed by atoms with Crippen molar-refractivity contribution < 1.29 is 24.2 Å². The van der Waals surface area contributed by atoms with E-state index < -0.39 is 17.8 Å². The zero-order valence-electron chi connectivity index (χ0n) is 16.4. The second kappa shape index (κ2) is 9.24. The zero-order valence-corrected chi connectivity index (χ0v) is 18.0. The van der Waals surface area contributed by atoms with Crippen LogP contribution in [0.5, 0.6) is 11.5 Å². The van der Waals surface area contributed by atoms with Crippen LogP contribution in [0.1, 0.15) is 18.1 Å². The molecule has 1 aliphatic rings. The quantitative estimate of drug-likeness (QED) is 0.376. The predicted molar refractivity (Wildman–Crippen MR) is 119 cm³/mol. The van der Waals surface area contributed by atoms with Gasteiger partial charge in [-0.1, -0.05) is 29.3 Å². The molecule has 160 valence electrons. The second-order valence-corrected chi connectivity index (χ2v) is 7.32. The van der Waals surface area contributed by atoms with Crippen LogP contribution in [0.15, 0.2) is 48.6 Å². The zero-order chi connectivity index (χ0) is 22.7. The molecule has 9 heteroatoms. The number of benzene rings is 2. The fourth-order valence-electron chi connectivity index (χ4n) is 3.03. The molecule has 0 aliphatic carbocycles. The molecule has 1 heterocycles. The number of aromatic hydroxyl groups is 1. The maximum Gasteiger partial charge on any atom is 0.335 e. The van der Waals surface area contributed by atoms with Crippen molar-refractivity contribution in [3.8, 4) is 11.5 Å². The number of phenols is 1. The number of ether oxygens (including phenoxy) is 1. The van der Waals surface area contributed by atoms with Gasteiger partial charge in [-0.25, -0.2) is 9.69 Å². The Morgan fingerprint density at radius 2 is 1.90 bits per heavy atom. The average molecular weight is 461 g/mol. The molecular formula is C22H18Cl2N2O5. The normalized spacial score (nSPS) is 15.3. The Bertz CT molecular complexity index is 1130. The number of halogens is 2. The molecular weight excluding hydrogens is 443 g/mol. The number of hydrogen-bond acceptors (Lipinski definition) is 5. The van der Waals surface area contributed by atoms with E-state index in [1.807, 2.05) is 0 Å². The fourth-order valence-corrected chi connectivity index (χ4v) is 3.32. The van der Waals surface area contributed by atoms with Gasteiger partial charge in [0.1, 0.15) is 5.57 Å². The molecule has 0 bridgehead atoms. The number of amides is 4. The lowest BCUT2D eigenvalue weighted by Gasteiger charge is -2.26. The number of phenolic OH excluding ortho intramolecular Hbond substituents is 1. The number of nitrogens with zero attached hydrogens (tertiary/aromatic N) is 1. The Labute approximate surface area is 188 Å². The number of barbiturate groups is 1. The SMILES string of the molecule is C=CCc1cc(/C=C2\C(=O)NC(=O)N(c3ccc(Cl)c(Cl)c3)C2=O)cc(OCC)c1O. The van der Waals surface area contributed by atoms with Gasteiger partial charge in [0.15, 0.2) is 11.5 Å². The van der Waals surface area contributed by atoms with Gasteiger partial charge in [0, 0.05) is 5.56 Å². The van der Waals surface area contributed by atoms with Crippen molar-refractivity contribution in [2.75, 3.05) is 11.5 Å². The molecule has 0 aromatic heterocycles. The first kappa shape index (κ1) is 22.4. The lowest BCUT2D eigenvalue weighted by Crippen LogP contribution is -2.54. The number of rotatable bonds is 6. The number of carbonyl (C=O) groups excluding carboxylic acids is 3. The average Bonchev–Trinajstić information content (AvgIpc) is 2.71. The van der Waals surface area contributed by atoms with Crippen LogP contribution in [0, 0.1) is 0 Å². The number of nitrogens with one attached hydrogen (secondary N) is 1. The van der Waals surface area contributed by atoms with Gasteiger partial charge in [0.25, 0.3) is 11.8 Å². The standard InChI is InChI=1S/C22H18Cl2N2O5/c1-3-5-13-8-12(10-18(19(13)27)31-4-2)9-15-20(28)25-22(30)26(21(15)29)14-6-7-16(23)17(24)11-14/h3,6-11,27H,1,4-5H2,2H3,(H,25,28,30)/b15-9+. The molecule has 0 spiro atoms. The first-order valence-electron chi connectivity index (χ1n) is 9.22. The van der Waals surface area contributed by atoms with Crippen LogP contribution in [0.25, 0.3) is 6.08 Å².